The topological polar surface area (TPSA) is 0 Å². The average Bonchev–Trinajstić information content (AvgIpc) is 2.43. The van der Waals surface area contributed by atoms with Crippen molar-refractivity contribution in [2.24, 2.45) is 0 Å². The van der Waals surface area contributed by atoms with E-state index in [2.05, 4.69) is 0 Å². The lowest BCUT2D eigenvalue weighted by molar-refractivity contribution is 0.559. The highest BCUT2D eigenvalue weighted by Gasteiger charge is 2.01. The molecule has 0 spiro atoms. The minimum Gasteiger partial charge on any atom is -0.212 e. The van der Waals surface area contributed by atoms with Crippen LogP contribution in [0.2, 0.25) is 0 Å². The van der Waals surface area contributed by atoms with Crippen LogP contribution in [0.4, 0.5) is 13.2 Å². The summed E-state index contributed by atoms with van der Waals surface area (Å²) in [5, 5.41) is 0. The molecule has 0 saturated heterocycles. The Hall–Kier alpha value is -1.51. The van der Waals surface area contributed by atoms with Gasteiger partial charge in [-0.3, -0.25) is 0 Å². The van der Waals surface area contributed by atoms with E-state index in [1.54, 1.807) is 6.07 Å². The minimum atomic E-state index is -0.450. The van der Waals surface area contributed by atoms with Gasteiger partial charge in [-0.15, -0.1) is 0 Å². The first-order chi connectivity index (χ1) is 9.58. The molecule has 0 bridgehead atoms. The fourth-order valence-electron chi connectivity index (χ4n) is 1.23. The van der Waals surface area contributed by atoms with Gasteiger partial charge in [-0.1, -0.05) is 39.8 Å². The highest BCUT2D eigenvalue weighted by atomic mass is 19.1. The van der Waals surface area contributed by atoms with Gasteiger partial charge in [0.2, 0.25) is 0 Å². The summed E-state index contributed by atoms with van der Waals surface area (Å²) >= 11 is 0. The second kappa shape index (κ2) is 13.9. The number of aryl methyl sites for hydroxylation is 1. The van der Waals surface area contributed by atoms with Crippen LogP contribution in [0.1, 0.15) is 46.1 Å². The molecule has 1 aliphatic rings. The third kappa shape index (κ3) is 11.6. The summed E-state index contributed by atoms with van der Waals surface area (Å²) in [6.45, 7) is 9.86. The summed E-state index contributed by atoms with van der Waals surface area (Å²) in [5.74, 6) is -0.969. The Labute approximate surface area is 121 Å². The van der Waals surface area contributed by atoms with E-state index < -0.39 is 5.83 Å². The molecule has 3 heteroatoms. The van der Waals surface area contributed by atoms with Crippen molar-refractivity contribution in [1.82, 2.24) is 0 Å². The van der Waals surface area contributed by atoms with Crippen LogP contribution >= 0.6 is 0 Å². The second-order valence-electron chi connectivity index (χ2n) is 3.52. The fourth-order valence-corrected chi connectivity index (χ4v) is 1.23. The van der Waals surface area contributed by atoms with E-state index >= 15 is 0 Å². The Bertz CT molecular complexity index is 389. The van der Waals surface area contributed by atoms with E-state index in [-0.39, 0.29) is 11.6 Å². The van der Waals surface area contributed by atoms with Crippen molar-refractivity contribution in [2.45, 2.75) is 47.5 Å². The first-order valence-electron chi connectivity index (χ1n) is 7.02. The molecule has 20 heavy (non-hydrogen) atoms. The molecule has 0 amide bonds. The zero-order valence-corrected chi connectivity index (χ0v) is 13.0. The van der Waals surface area contributed by atoms with Gasteiger partial charge in [0.1, 0.15) is 17.5 Å². The molecule has 0 aromatic heterocycles. The van der Waals surface area contributed by atoms with E-state index in [4.69, 9.17) is 0 Å². The summed E-state index contributed by atoms with van der Waals surface area (Å²) in [6, 6.07) is 6.50. The summed E-state index contributed by atoms with van der Waals surface area (Å²) in [5.41, 5.74) is 0.963. The van der Waals surface area contributed by atoms with Gasteiger partial charge in [-0.25, -0.2) is 13.2 Å². The first-order valence-corrected chi connectivity index (χ1v) is 7.02. The van der Waals surface area contributed by atoms with Gasteiger partial charge in [0.15, 0.2) is 0 Å². The van der Waals surface area contributed by atoms with Crippen molar-refractivity contribution >= 4 is 0 Å². The number of allylic oxidation sites excluding steroid dienone is 4. The summed E-state index contributed by atoms with van der Waals surface area (Å²) in [4.78, 5) is 0. The molecule has 0 aliphatic heterocycles. The van der Waals surface area contributed by atoms with Crippen molar-refractivity contribution in [2.75, 3.05) is 0 Å². The maximum absolute atomic E-state index is 12.2. The van der Waals surface area contributed by atoms with Crippen LogP contribution in [0.5, 0.6) is 0 Å². The minimum absolute atomic E-state index is 0.162. The quantitative estimate of drug-likeness (QED) is 0.499. The van der Waals surface area contributed by atoms with Crippen LogP contribution in [0.3, 0.4) is 0 Å². The summed E-state index contributed by atoms with van der Waals surface area (Å²) < 4.78 is 36.2. The van der Waals surface area contributed by atoms with Crippen molar-refractivity contribution in [3.8, 4) is 0 Å². The Morgan fingerprint density at radius 3 is 1.85 bits per heavy atom. The van der Waals surface area contributed by atoms with Crippen molar-refractivity contribution < 1.29 is 13.2 Å². The van der Waals surface area contributed by atoms with Crippen LogP contribution in [-0.2, 0) is 0 Å². The van der Waals surface area contributed by atoms with E-state index in [1.807, 2.05) is 40.7 Å². The molecule has 0 radical (unpaired) electrons. The zero-order valence-electron chi connectivity index (χ0n) is 13.0. The highest BCUT2D eigenvalue weighted by Crippen LogP contribution is 2.17. The van der Waals surface area contributed by atoms with Crippen LogP contribution < -0.4 is 0 Å². The molecule has 0 saturated carbocycles. The maximum Gasteiger partial charge on any atom is 0.123 e. The SMILES string of the molecule is CC.CC.Cc1cccc(F)c1.FC1=CCCC(F)=C1. The third-order valence-corrected chi connectivity index (χ3v) is 2.00. The van der Waals surface area contributed by atoms with Crippen LogP contribution in [-0.4, -0.2) is 0 Å². The lowest BCUT2D eigenvalue weighted by Crippen LogP contribution is -1.82. The zero-order chi connectivity index (χ0) is 16.0. The fraction of sp³-hybridized carbons (Fsp3) is 0.412. The predicted molar refractivity (Wildman–Crippen MR) is 81.4 cm³/mol. The van der Waals surface area contributed by atoms with E-state index in [0.29, 0.717) is 12.8 Å². The highest BCUT2D eigenvalue weighted by molar-refractivity contribution is 5.18. The standard InChI is InChI=1S/C7H7F.C6H6F2.2C2H6/c1-6-3-2-4-7(8)5-6;7-5-2-1-3-6(8)4-5;2*1-2/h2-5H,1H3;2,4H,1,3H2;2*1-2H3. The summed E-state index contributed by atoms with van der Waals surface area (Å²) in [6.07, 6.45) is 3.15. The molecule has 0 unspecified atom stereocenters. The van der Waals surface area contributed by atoms with Gasteiger partial charge in [0.25, 0.3) is 0 Å². The second-order valence-corrected chi connectivity index (χ2v) is 3.52. The molecule has 1 aromatic rings. The number of hydrogen-bond acceptors (Lipinski definition) is 0. The van der Waals surface area contributed by atoms with Gasteiger partial charge in [-0.05, 0) is 37.1 Å². The Balaban J connectivity index is 0. The largest absolute Gasteiger partial charge is 0.212 e. The lowest BCUT2D eigenvalue weighted by Gasteiger charge is -1.98. The molecular weight excluding hydrogens is 261 g/mol. The number of hydrogen-bond donors (Lipinski definition) is 0. The van der Waals surface area contributed by atoms with Crippen molar-refractivity contribution in [1.29, 1.82) is 0 Å². The average molecular weight is 286 g/mol. The molecule has 0 N–H and O–H groups in total. The monoisotopic (exact) mass is 286 g/mol. The molecule has 2 rings (SSSR count). The van der Waals surface area contributed by atoms with Gasteiger partial charge >= 0.3 is 0 Å². The van der Waals surface area contributed by atoms with Crippen molar-refractivity contribution in [3.05, 3.63) is 59.5 Å². The third-order valence-electron chi connectivity index (χ3n) is 2.00. The van der Waals surface area contributed by atoms with Crippen molar-refractivity contribution in [3.63, 3.8) is 0 Å². The molecule has 0 fully saturated rings. The molecule has 0 nitrogen and oxygen atoms in total. The summed E-state index contributed by atoms with van der Waals surface area (Å²) in [7, 11) is 0. The van der Waals surface area contributed by atoms with Crippen LogP contribution in [0.25, 0.3) is 0 Å². The molecule has 114 valence electrons. The Kier molecular flexibility index (Phi) is 14.5. The molecule has 0 heterocycles. The van der Waals surface area contributed by atoms with Gasteiger partial charge in [0, 0.05) is 12.5 Å². The molecule has 1 aromatic carbocycles. The maximum atomic E-state index is 12.2. The van der Waals surface area contributed by atoms with E-state index in [9.17, 15) is 13.2 Å². The lowest BCUT2D eigenvalue weighted by atomic mass is 10.2. The smallest absolute Gasteiger partial charge is 0.123 e. The molecular formula is C17H25F3. The Morgan fingerprint density at radius 1 is 0.950 bits per heavy atom. The van der Waals surface area contributed by atoms with Gasteiger partial charge in [0.05, 0.1) is 0 Å². The van der Waals surface area contributed by atoms with Crippen LogP contribution in [0, 0.1) is 12.7 Å². The normalized spacial score (nSPS) is 12.2. The first kappa shape index (κ1) is 20.8. The Morgan fingerprint density at radius 2 is 1.55 bits per heavy atom. The molecule has 0 atom stereocenters. The van der Waals surface area contributed by atoms with Gasteiger partial charge < -0.3 is 0 Å². The number of halogens is 3. The number of rotatable bonds is 0. The van der Waals surface area contributed by atoms with Gasteiger partial charge in [-0.2, -0.15) is 0 Å². The van der Waals surface area contributed by atoms with Crippen LogP contribution in [0.15, 0.2) is 48.1 Å². The van der Waals surface area contributed by atoms with E-state index in [0.717, 1.165) is 11.6 Å². The predicted octanol–water partition coefficient (Wildman–Crippen LogP) is 6.67. The molecule has 1 aliphatic carbocycles. The van der Waals surface area contributed by atoms with E-state index in [1.165, 1.54) is 18.2 Å². The number of benzene rings is 1.